The lowest BCUT2D eigenvalue weighted by Crippen LogP contribution is -2.31. The fourth-order valence-electron chi connectivity index (χ4n) is 5.44. The molecule has 2 aliphatic rings. The highest BCUT2D eigenvalue weighted by atomic mass is 16.5. The summed E-state index contributed by atoms with van der Waals surface area (Å²) in [7, 11) is 1.58. The minimum atomic E-state index is -0.493. The number of aromatic hydroxyl groups is 2. The van der Waals surface area contributed by atoms with Gasteiger partial charge >= 0.3 is 0 Å². The summed E-state index contributed by atoms with van der Waals surface area (Å²) in [5.74, 6) is 0.424. The Balaban J connectivity index is 1.21. The molecule has 0 spiro atoms. The van der Waals surface area contributed by atoms with Crippen molar-refractivity contribution < 1.29 is 29.0 Å². The summed E-state index contributed by atoms with van der Waals surface area (Å²) >= 11 is 0. The number of phenolic OH excluding ortho intramolecular Hbond substituents is 2. The Morgan fingerprint density at radius 3 is 2.45 bits per heavy atom. The lowest BCUT2D eigenvalue weighted by Gasteiger charge is -2.26. The number of furan rings is 1. The SMILES string of the molecule is Cc1ccc(CN(C)C(=O)c2cc(C(=O)N3Cc4ccc(OCCCN5CCCCC5)cc4C3)c(O)cc2O)o1. The number of fused-ring (bicyclic) bond motifs is 1. The summed E-state index contributed by atoms with van der Waals surface area (Å²) in [5, 5.41) is 20.9. The van der Waals surface area contributed by atoms with Crippen molar-refractivity contribution in [2.24, 2.45) is 0 Å². The lowest BCUT2D eigenvalue weighted by atomic mass is 10.1. The summed E-state index contributed by atoms with van der Waals surface area (Å²) in [5.41, 5.74) is 1.90. The van der Waals surface area contributed by atoms with Gasteiger partial charge in [-0.1, -0.05) is 12.5 Å². The molecule has 1 saturated heterocycles. The molecular weight excluding hydrogens is 510 g/mol. The Labute approximate surface area is 234 Å². The molecule has 9 nitrogen and oxygen atoms in total. The van der Waals surface area contributed by atoms with E-state index in [0.29, 0.717) is 25.5 Å². The van der Waals surface area contributed by atoms with E-state index in [1.807, 2.05) is 31.2 Å². The van der Waals surface area contributed by atoms with Crippen molar-refractivity contribution in [2.45, 2.75) is 52.2 Å². The Bertz CT molecular complexity index is 1380. The van der Waals surface area contributed by atoms with Gasteiger partial charge in [-0.05, 0) is 80.7 Å². The number of nitrogens with zero attached hydrogens (tertiary/aromatic N) is 3. The average molecular weight is 548 g/mol. The average Bonchev–Trinajstić information content (AvgIpc) is 3.56. The van der Waals surface area contributed by atoms with Crippen molar-refractivity contribution in [2.75, 3.05) is 33.3 Å². The first-order valence-corrected chi connectivity index (χ1v) is 13.9. The minimum Gasteiger partial charge on any atom is -0.507 e. The first kappa shape index (κ1) is 27.6. The zero-order chi connectivity index (χ0) is 28.2. The molecule has 3 aromatic rings. The first-order valence-electron chi connectivity index (χ1n) is 13.9. The third-order valence-corrected chi connectivity index (χ3v) is 7.63. The molecule has 0 unspecified atom stereocenters. The van der Waals surface area contributed by atoms with Crippen molar-refractivity contribution in [3.05, 3.63) is 76.2 Å². The van der Waals surface area contributed by atoms with Gasteiger partial charge in [0.15, 0.2) is 0 Å². The molecule has 3 heterocycles. The van der Waals surface area contributed by atoms with E-state index in [9.17, 15) is 19.8 Å². The summed E-state index contributed by atoms with van der Waals surface area (Å²) in [6, 6.07) is 11.8. The second-order valence-electron chi connectivity index (χ2n) is 10.8. The van der Waals surface area contributed by atoms with Crippen LogP contribution >= 0.6 is 0 Å². The number of likely N-dealkylation sites (tertiary alicyclic amines) is 1. The van der Waals surface area contributed by atoms with Crippen LogP contribution in [0.2, 0.25) is 0 Å². The fraction of sp³-hybridized carbons (Fsp3) is 0.419. The van der Waals surface area contributed by atoms with Crippen molar-refractivity contribution >= 4 is 11.8 Å². The molecule has 0 aliphatic carbocycles. The van der Waals surface area contributed by atoms with Crippen LogP contribution in [0.25, 0.3) is 0 Å². The smallest absolute Gasteiger partial charge is 0.258 e. The van der Waals surface area contributed by atoms with Crippen LogP contribution in [0.15, 0.2) is 46.9 Å². The van der Waals surface area contributed by atoms with Gasteiger partial charge in [0.2, 0.25) is 0 Å². The number of piperidine rings is 1. The number of carbonyl (C=O) groups is 2. The van der Waals surface area contributed by atoms with Crippen molar-refractivity contribution in [1.82, 2.24) is 14.7 Å². The molecule has 9 heteroatoms. The van der Waals surface area contributed by atoms with Crippen molar-refractivity contribution in [3.8, 4) is 17.2 Å². The molecule has 1 aromatic heterocycles. The molecule has 40 heavy (non-hydrogen) atoms. The molecule has 2 aliphatic heterocycles. The minimum absolute atomic E-state index is 0.0367. The molecule has 1 fully saturated rings. The van der Waals surface area contributed by atoms with Gasteiger partial charge in [-0.3, -0.25) is 9.59 Å². The second-order valence-corrected chi connectivity index (χ2v) is 10.8. The van der Waals surface area contributed by atoms with Crippen LogP contribution in [0.3, 0.4) is 0 Å². The topological polar surface area (TPSA) is 107 Å². The number of amides is 2. The zero-order valence-electron chi connectivity index (χ0n) is 23.2. The summed E-state index contributed by atoms with van der Waals surface area (Å²) in [4.78, 5) is 32.0. The molecule has 0 atom stereocenters. The normalized spacial score (nSPS) is 15.2. The Hall–Kier alpha value is -3.98. The van der Waals surface area contributed by atoms with E-state index in [0.717, 1.165) is 41.7 Å². The molecule has 2 amide bonds. The molecule has 2 aromatic carbocycles. The number of hydrogen-bond donors (Lipinski definition) is 2. The summed E-state index contributed by atoms with van der Waals surface area (Å²) in [6.45, 7) is 6.80. The van der Waals surface area contributed by atoms with E-state index in [4.69, 9.17) is 9.15 Å². The Morgan fingerprint density at radius 1 is 0.950 bits per heavy atom. The van der Waals surface area contributed by atoms with Crippen molar-refractivity contribution in [1.29, 1.82) is 0 Å². The van der Waals surface area contributed by atoms with Crippen LogP contribution in [0, 0.1) is 6.92 Å². The van der Waals surface area contributed by atoms with Crippen molar-refractivity contribution in [3.63, 3.8) is 0 Å². The van der Waals surface area contributed by atoms with Crippen LogP contribution in [0.4, 0.5) is 0 Å². The van der Waals surface area contributed by atoms with Crippen LogP contribution in [0.5, 0.6) is 17.2 Å². The van der Waals surface area contributed by atoms with E-state index in [-0.39, 0.29) is 23.4 Å². The predicted octanol–water partition coefficient (Wildman–Crippen LogP) is 4.68. The maximum atomic E-state index is 13.4. The highest BCUT2D eigenvalue weighted by molar-refractivity contribution is 6.03. The maximum Gasteiger partial charge on any atom is 0.258 e. The van der Waals surface area contributed by atoms with E-state index in [2.05, 4.69) is 4.90 Å². The molecule has 0 saturated carbocycles. The standard InChI is InChI=1S/C31H37N3O6/c1-21-7-9-25(40-21)20-32(2)30(37)26-16-27(29(36)17-28(26)35)31(38)34-18-22-8-10-24(15-23(22)19-34)39-14-6-13-33-11-4-3-5-12-33/h7-10,15-17,35-36H,3-6,11-14,18-20H2,1-2H3. The maximum absolute atomic E-state index is 13.4. The van der Waals surface area contributed by atoms with Gasteiger partial charge in [-0.25, -0.2) is 0 Å². The van der Waals surface area contributed by atoms with Gasteiger partial charge in [0, 0.05) is 32.7 Å². The number of phenols is 2. The van der Waals surface area contributed by atoms with Gasteiger partial charge in [-0.2, -0.15) is 0 Å². The van der Waals surface area contributed by atoms with Gasteiger partial charge in [0.05, 0.1) is 24.3 Å². The molecule has 5 rings (SSSR count). The number of ether oxygens (including phenoxy) is 1. The number of rotatable bonds is 9. The second kappa shape index (κ2) is 12.0. The zero-order valence-corrected chi connectivity index (χ0v) is 23.2. The van der Waals surface area contributed by atoms with Gasteiger partial charge in [-0.15, -0.1) is 0 Å². The monoisotopic (exact) mass is 547 g/mol. The quantitative estimate of drug-likeness (QED) is 0.375. The Kier molecular flexibility index (Phi) is 8.30. The highest BCUT2D eigenvalue weighted by Gasteiger charge is 2.29. The molecule has 0 radical (unpaired) electrons. The number of carbonyl (C=O) groups excluding carboxylic acids is 2. The highest BCUT2D eigenvalue weighted by Crippen LogP contribution is 2.33. The lowest BCUT2D eigenvalue weighted by molar-refractivity contribution is 0.0748. The van der Waals surface area contributed by atoms with Crippen LogP contribution in [0.1, 0.15) is 69.0 Å². The van der Waals surface area contributed by atoms with Gasteiger partial charge < -0.3 is 34.1 Å². The molecule has 0 bridgehead atoms. The van der Waals surface area contributed by atoms with E-state index >= 15 is 0 Å². The fourth-order valence-corrected chi connectivity index (χ4v) is 5.44. The van der Waals surface area contributed by atoms with Crippen LogP contribution in [-0.4, -0.2) is 70.0 Å². The Morgan fingerprint density at radius 2 is 1.70 bits per heavy atom. The predicted molar refractivity (Wildman–Crippen MR) is 149 cm³/mol. The summed E-state index contributed by atoms with van der Waals surface area (Å²) < 4.78 is 11.5. The number of benzene rings is 2. The van der Waals surface area contributed by atoms with Crippen LogP contribution in [-0.2, 0) is 19.6 Å². The van der Waals surface area contributed by atoms with E-state index < -0.39 is 17.6 Å². The molecular formula is C31H37N3O6. The number of aryl methyl sites for hydroxylation is 1. The summed E-state index contributed by atoms with van der Waals surface area (Å²) in [6.07, 6.45) is 4.86. The third kappa shape index (κ3) is 6.25. The van der Waals surface area contributed by atoms with Gasteiger partial charge in [0.25, 0.3) is 11.8 Å². The third-order valence-electron chi connectivity index (χ3n) is 7.63. The van der Waals surface area contributed by atoms with Gasteiger partial charge in [0.1, 0.15) is 28.8 Å². The first-order chi connectivity index (χ1) is 19.3. The van der Waals surface area contributed by atoms with Crippen LogP contribution < -0.4 is 4.74 Å². The molecule has 2 N–H and O–H groups in total. The largest absolute Gasteiger partial charge is 0.507 e. The molecule has 212 valence electrons. The number of hydrogen-bond acceptors (Lipinski definition) is 7. The van der Waals surface area contributed by atoms with E-state index in [1.165, 1.54) is 43.3 Å². The van der Waals surface area contributed by atoms with E-state index in [1.54, 1.807) is 18.0 Å².